The molecule has 106 valence electrons. The highest BCUT2D eigenvalue weighted by atomic mass is 32.2. The third-order valence-corrected chi connectivity index (χ3v) is 6.43. The fraction of sp³-hybridized carbons (Fsp3) is 1.00. The highest BCUT2D eigenvalue weighted by molar-refractivity contribution is 7.98. The fourth-order valence-electron chi connectivity index (χ4n) is 4.24. The van der Waals surface area contributed by atoms with E-state index in [-0.39, 0.29) is 12.1 Å². The van der Waals surface area contributed by atoms with Gasteiger partial charge in [0.05, 0.1) is 0 Å². The first-order valence-corrected chi connectivity index (χ1v) is 8.86. The molecular weight excluding hydrogens is 240 g/mol. The van der Waals surface area contributed by atoms with E-state index in [4.69, 9.17) is 11.5 Å². The maximum absolute atomic E-state index is 6.32. The van der Waals surface area contributed by atoms with Crippen LogP contribution < -0.4 is 11.5 Å². The van der Waals surface area contributed by atoms with E-state index in [2.05, 4.69) is 20.1 Å². The standard InChI is InChI=1S/C15H30N2S/c1-15(2)11-5-4-10(12(15)9-11)8-14(17)13(16)6-7-18-3/h10-14H,4-9,16-17H2,1-3H3. The Kier molecular flexibility index (Phi) is 4.66. The van der Waals surface area contributed by atoms with Crippen LogP contribution >= 0.6 is 11.8 Å². The molecule has 3 aliphatic rings. The van der Waals surface area contributed by atoms with Gasteiger partial charge >= 0.3 is 0 Å². The molecule has 0 spiro atoms. The van der Waals surface area contributed by atoms with Crippen molar-refractivity contribution in [2.45, 2.75) is 58.0 Å². The summed E-state index contributed by atoms with van der Waals surface area (Å²) in [4.78, 5) is 0. The second kappa shape index (κ2) is 5.72. The minimum Gasteiger partial charge on any atom is -0.326 e. The molecule has 0 amide bonds. The second-order valence-electron chi connectivity index (χ2n) is 7.04. The van der Waals surface area contributed by atoms with Crippen molar-refractivity contribution < 1.29 is 0 Å². The summed E-state index contributed by atoms with van der Waals surface area (Å²) < 4.78 is 0. The zero-order chi connectivity index (χ0) is 13.3. The first kappa shape index (κ1) is 14.7. The molecule has 0 aliphatic heterocycles. The zero-order valence-corrected chi connectivity index (χ0v) is 13.0. The highest BCUT2D eigenvalue weighted by Gasteiger charge is 2.54. The molecule has 3 rings (SSSR count). The molecule has 5 unspecified atom stereocenters. The largest absolute Gasteiger partial charge is 0.326 e. The van der Waals surface area contributed by atoms with Crippen molar-refractivity contribution in [1.29, 1.82) is 0 Å². The van der Waals surface area contributed by atoms with E-state index >= 15 is 0 Å². The molecule has 18 heavy (non-hydrogen) atoms. The van der Waals surface area contributed by atoms with Crippen LogP contribution in [0.3, 0.4) is 0 Å². The predicted molar refractivity (Wildman–Crippen MR) is 81.7 cm³/mol. The molecule has 4 N–H and O–H groups in total. The van der Waals surface area contributed by atoms with Crippen LogP contribution in [0.5, 0.6) is 0 Å². The molecular formula is C15H30N2S. The minimum absolute atomic E-state index is 0.193. The number of hydrogen-bond donors (Lipinski definition) is 2. The van der Waals surface area contributed by atoms with Crippen molar-refractivity contribution in [1.82, 2.24) is 0 Å². The Bertz CT molecular complexity index is 278. The Hall–Kier alpha value is 0.270. The number of hydrogen-bond acceptors (Lipinski definition) is 3. The molecule has 3 heteroatoms. The molecule has 3 aliphatic carbocycles. The summed E-state index contributed by atoms with van der Waals surface area (Å²) >= 11 is 1.87. The number of fused-ring (bicyclic) bond motifs is 2. The average molecular weight is 270 g/mol. The Labute approximate surface area is 117 Å². The van der Waals surface area contributed by atoms with Crippen LogP contribution in [0.4, 0.5) is 0 Å². The molecule has 5 atom stereocenters. The van der Waals surface area contributed by atoms with E-state index in [1.54, 1.807) is 0 Å². The van der Waals surface area contributed by atoms with Gasteiger partial charge in [0, 0.05) is 12.1 Å². The lowest BCUT2D eigenvalue weighted by Gasteiger charge is -2.60. The monoisotopic (exact) mass is 270 g/mol. The molecule has 0 aromatic rings. The lowest BCUT2D eigenvalue weighted by atomic mass is 9.45. The van der Waals surface area contributed by atoms with Gasteiger partial charge in [-0.2, -0.15) is 11.8 Å². The molecule has 0 radical (unpaired) electrons. The SMILES string of the molecule is CSCCC(N)C(N)CC1CCC2CC1C2(C)C. The van der Waals surface area contributed by atoms with Gasteiger partial charge in [-0.3, -0.25) is 0 Å². The first-order chi connectivity index (χ1) is 8.46. The van der Waals surface area contributed by atoms with E-state index in [0.29, 0.717) is 5.41 Å². The summed E-state index contributed by atoms with van der Waals surface area (Å²) in [7, 11) is 0. The van der Waals surface area contributed by atoms with Crippen molar-refractivity contribution in [2.24, 2.45) is 34.6 Å². The van der Waals surface area contributed by atoms with Crippen LogP contribution in [-0.4, -0.2) is 24.1 Å². The van der Waals surface area contributed by atoms with Crippen LogP contribution in [0.25, 0.3) is 0 Å². The van der Waals surface area contributed by atoms with Crippen LogP contribution in [-0.2, 0) is 0 Å². The van der Waals surface area contributed by atoms with E-state index in [0.717, 1.165) is 36.3 Å². The van der Waals surface area contributed by atoms with Crippen LogP contribution in [0.2, 0.25) is 0 Å². The minimum atomic E-state index is 0.193. The molecule has 3 fully saturated rings. The summed E-state index contributed by atoms with van der Waals surface area (Å²) in [5.41, 5.74) is 13.1. The van der Waals surface area contributed by atoms with Gasteiger partial charge in [0.25, 0.3) is 0 Å². The van der Waals surface area contributed by atoms with Gasteiger partial charge < -0.3 is 11.5 Å². The molecule has 0 saturated heterocycles. The average Bonchev–Trinajstić information content (AvgIpc) is 2.35. The second-order valence-corrected chi connectivity index (χ2v) is 8.03. The molecule has 2 nitrogen and oxygen atoms in total. The van der Waals surface area contributed by atoms with Gasteiger partial charge in [0.2, 0.25) is 0 Å². The van der Waals surface area contributed by atoms with E-state index < -0.39 is 0 Å². The summed E-state index contributed by atoms with van der Waals surface area (Å²) in [6.07, 6.45) is 8.60. The summed E-state index contributed by atoms with van der Waals surface area (Å²) in [6, 6.07) is 0.397. The van der Waals surface area contributed by atoms with Gasteiger partial charge in [-0.1, -0.05) is 13.8 Å². The van der Waals surface area contributed by atoms with Gasteiger partial charge in [0.1, 0.15) is 0 Å². The van der Waals surface area contributed by atoms with Crippen molar-refractivity contribution in [3.8, 4) is 0 Å². The zero-order valence-electron chi connectivity index (χ0n) is 12.2. The molecule has 0 aromatic heterocycles. The van der Waals surface area contributed by atoms with E-state index in [1.807, 2.05) is 11.8 Å². The van der Waals surface area contributed by atoms with Crippen molar-refractivity contribution in [3.05, 3.63) is 0 Å². The Morgan fingerprint density at radius 2 is 1.94 bits per heavy atom. The van der Waals surface area contributed by atoms with Crippen molar-refractivity contribution >= 4 is 11.8 Å². The lowest BCUT2D eigenvalue weighted by molar-refractivity contribution is -0.108. The maximum atomic E-state index is 6.32. The Morgan fingerprint density at radius 1 is 1.22 bits per heavy atom. The highest BCUT2D eigenvalue weighted by Crippen LogP contribution is 2.62. The predicted octanol–water partition coefficient (Wildman–Crippen LogP) is 2.86. The summed E-state index contributed by atoms with van der Waals surface area (Å²) in [5.74, 6) is 3.87. The molecule has 0 heterocycles. The Morgan fingerprint density at radius 3 is 2.50 bits per heavy atom. The van der Waals surface area contributed by atoms with Crippen molar-refractivity contribution in [2.75, 3.05) is 12.0 Å². The molecule has 2 bridgehead atoms. The lowest BCUT2D eigenvalue weighted by Crippen LogP contribution is -2.54. The molecule has 3 saturated carbocycles. The first-order valence-electron chi connectivity index (χ1n) is 7.47. The summed E-state index contributed by atoms with van der Waals surface area (Å²) in [5, 5.41) is 0. The maximum Gasteiger partial charge on any atom is 0.0200 e. The van der Waals surface area contributed by atoms with E-state index in [9.17, 15) is 0 Å². The summed E-state index contributed by atoms with van der Waals surface area (Å²) in [6.45, 7) is 4.91. The van der Waals surface area contributed by atoms with Gasteiger partial charge in [-0.15, -0.1) is 0 Å². The smallest absolute Gasteiger partial charge is 0.0200 e. The van der Waals surface area contributed by atoms with Gasteiger partial charge in [-0.05, 0) is 67.3 Å². The number of thioether (sulfide) groups is 1. The Balaban J connectivity index is 1.82. The van der Waals surface area contributed by atoms with Crippen molar-refractivity contribution in [3.63, 3.8) is 0 Å². The van der Waals surface area contributed by atoms with E-state index in [1.165, 1.54) is 19.3 Å². The molecule has 0 aromatic carbocycles. The van der Waals surface area contributed by atoms with Crippen LogP contribution in [0.1, 0.15) is 46.0 Å². The fourth-order valence-corrected chi connectivity index (χ4v) is 4.74. The number of rotatable bonds is 6. The van der Waals surface area contributed by atoms with Crippen LogP contribution in [0, 0.1) is 23.2 Å². The topological polar surface area (TPSA) is 52.0 Å². The van der Waals surface area contributed by atoms with Gasteiger partial charge in [0.15, 0.2) is 0 Å². The third kappa shape index (κ3) is 2.73. The third-order valence-electron chi connectivity index (χ3n) is 5.78. The number of nitrogens with two attached hydrogens (primary N) is 2. The normalized spacial score (nSPS) is 36.8. The van der Waals surface area contributed by atoms with Gasteiger partial charge in [-0.25, -0.2) is 0 Å². The van der Waals surface area contributed by atoms with Crippen LogP contribution in [0.15, 0.2) is 0 Å². The quantitative estimate of drug-likeness (QED) is 0.780.